The average Bonchev–Trinajstić information content (AvgIpc) is 2.62. The standard InChI is InChI=1S/C18H22FN3O4/c1-2-26-17(23)15-14(11-22-6-8-25-9-7-22)20-18(24)21-16(15)12-4-3-5-13(19)10-12/h3-5,10,16H,2,6-9,11H2,1H3,(H2,20,21,24). The predicted molar refractivity (Wildman–Crippen MR) is 91.7 cm³/mol. The highest BCUT2D eigenvalue weighted by Crippen LogP contribution is 2.28. The van der Waals surface area contributed by atoms with Gasteiger partial charge in [0.1, 0.15) is 5.82 Å². The Bertz CT molecular complexity index is 716. The van der Waals surface area contributed by atoms with Crippen molar-refractivity contribution in [2.75, 3.05) is 39.5 Å². The van der Waals surface area contributed by atoms with E-state index in [1.807, 2.05) is 0 Å². The fourth-order valence-electron chi connectivity index (χ4n) is 3.11. The van der Waals surface area contributed by atoms with E-state index in [1.165, 1.54) is 12.1 Å². The van der Waals surface area contributed by atoms with Crippen molar-refractivity contribution in [3.05, 3.63) is 46.9 Å². The number of ether oxygens (including phenoxy) is 2. The van der Waals surface area contributed by atoms with Crippen LogP contribution in [-0.2, 0) is 14.3 Å². The highest BCUT2D eigenvalue weighted by Gasteiger charge is 2.34. The molecule has 2 aliphatic heterocycles. The zero-order valence-corrected chi connectivity index (χ0v) is 14.6. The predicted octanol–water partition coefficient (Wildman–Crippen LogP) is 1.33. The molecule has 1 saturated heterocycles. The molecule has 1 fully saturated rings. The third-order valence-electron chi connectivity index (χ3n) is 4.32. The molecule has 7 nitrogen and oxygen atoms in total. The summed E-state index contributed by atoms with van der Waals surface area (Å²) in [6, 6.07) is 4.63. The number of nitrogens with one attached hydrogen (secondary N) is 2. The number of carbonyl (C=O) groups excluding carboxylic acids is 2. The molecule has 2 N–H and O–H groups in total. The topological polar surface area (TPSA) is 79.9 Å². The highest BCUT2D eigenvalue weighted by molar-refractivity contribution is 5.95. The summed E-state index contributed by atoms with van der Waals surface area (Å²) >= 11 is 0. The number of hydrogen-bond acceptors (Lipinski definition) is 5. The molecule has 26 heavy (non-hydrogen) atoms. The number of halogens is 1. The first-order valence-corrected chi connectivity index (χ1v) is 8.61. The molecular formula is C18H22FN3O4. The number of nitrogens with zero attached hydrogens (tertiary/aromatic N) is 1. The lowest BCUT2D eigenvalue weighted by atomic mass is 9.95. The van der Waals surface area contributed by atoms with E-state index in [1.54, 1.807) is 19.1 Å². The molecular weight excluding hydrogens is 341 g/mol. The minimum atomic E-state index is -0.769. The molecule has 0 aliphatic carbocycles. The van der Waals surface area contributed by atoms with Crippen molar-refractivity contribution in [1.82, 2.24) is 15.5 Å². The van der Waals surface area contributed by atoms with Gasteiger partial charge in [0, 0.05) is 25.3 Å². The maximum atomic E-state index is 13.7. The van der Waals surface area contributed by atoms with Crippen molar-refractivity contribution in [2.45, 2.75) is 13.0 Å². The minimum absolute atomic E-state index is 0.205. The van der Waals surface area contributed by atoms with E-state index in [0.717, 1.165) is 0 Å². The summed E-state index contributed by atoms with van der Waals surface area (Å²) < 4.78 is 24.2. The van der Waals surface area contributed by atoms with E-state index in [4.69, 9.17) is 9.47 Å². The maximum absolute atomic E-state index is 13.7. The second-order valence-electron chi connectivity index (χ2n) is 6.09. The van der Waals surface area contributed by atoms with Gasteiger partial charge in [-0.15, -0.1) is 0 Å². The number of benzene rings is 1. The van der Waals surface area contributed by atoms with Crippen LogP contribution in [0.4, 0.5) is 9.18 Å². The van der Waals surface area contributed by atoms with Gasteiger partial charge in [0.15, 0.2) is 0 Å². The van der Waals surface area contributed by atoms with E-state index >= 15 is 0 Å². The number of carbonyl (C=O) groups is 2. The summed E-state index contributed by atoms with van der Waals surface area (Å²) in [4.78, 5) is 26.9. The molecule has 0 radical (unpaired) electrons. The van der Waals surface area contributed by atoms with Crippen LogP contribution in [0, 0.1) is 5.82 Å². The Kier molecular flexibility index (Phi) is 5.85. The number of rotatable bonds is 5. The Morgan fingerprint density at radius 1 is 1.38 bits per heavy atom. The van der Waals surface area contributed by atoms with Gasteiger partial charge in [-0.25, -0.2) is 14.0 Å². The summed E-state index contributed by atoms with van der Waals surface area (Å²) in [5.41, 5.74) is 1.26. The van der Waals surface area contributed by atoms with Gasteiger partial charge in [-0.3, -0.25) is 4.90 Å². The lowest BCUT2D eigenvalue weighted by molar-refractivity contribution is -0.139. The molecule has 2 aliphatic rings. The number of morpholine rings is 1. The fourth-order valence-corrected chi connectivity index (χ4v) is 3.11. The third-order valence-corrected chi connectivity index (χ3v) is 4.32. The molecule has 1 aromatic rings. The zero-order valence-electron chi connectivity index (χ0n) is 14.6. The van der Waals surface area contributed by atoms with Crippen LogP contribution in [0.1, 0.15) is 18.5 Å². The van der Waals surface area contributed by atoms with Crippen LogP contribution < -0.4 is 10.6 Å². The minimum Gasteiger partial charge on any atom is -0.463 e. The van der Waals surface area contributed by atoms with Crippen LogP contribution in [0.5, 0.6) is 0 Å². The second-order valence-corrected chi connectivity index (χ2v) is 6.09. The summed E-state index contributed by atoms with van der Waals surface area (Å²) in [7, 11) is 0. The maximum Gasteiger partial charge on any atom is 0.338 e. The number of esters is 1. The van der Waals surface area contributed by atoms with Gasteiger partial charge in [0.25, 0.3) is 0 Å². The Labute approximate surface area is 151 Å². The third kappa shape index (κ3) is 4.20. The second kappa shape index (κ2) is 8.29. The van der Waals surface area contributed by atoms with Gasteiger partial charge < -0.3 is 20.1 Å². The van der Waals surface area contributed by atoms with Gasteiger partial charge in [-0.2, -0.15) is 0 Å². The van der Waals surface area contributed by atoms with Crippen LogP contribution >= 0.6 is 0 Å². The quantitative estimate of drug-likeness (QED) is 0.772. The molecule has 1 unspecified atom stereocenters. The molecule has 8 heteroatoms. The SMILES string of the molecule is CCOC(=O)C1=C(CN2CCOCC2)NC(=O)NC1c1cccc(F)c1. The van der Waals surface area contributed by atoms with Crippen molar-refractivity contribution in [2.24, 2.45) is 0 Å². The van der Waals surface area contributed by atoms with Crippen molar-refractivity contribution in [3.63, 3.8) is 0 Å². The number of urea groups is 1. The molecule has 0 saturated carbocycles. The summed E-state index contributed by atoms with van der Waals surface area (Å²) in [5.74, 6) is -0.967. The summed E-state index contributed by atoms with van der Waals surface area (Å²) in [5, 5.41) is 5.42. The van der Waals surface area contributed by atoms with Gasteiger partial charge in [0.2, 0.25) is 0 Å². The molecule has 1 atom stereocenters. The smallest absolute Gasteiger partial charge is 0.338 e. The normalized spacial score (nSPS) is 21.2. The Morgan fingerprint density at radius 3 is 2.85 bits per heavy atom. The summed E-state index contributed by atoms with van der Waals surface area (Å²) in [6.07, 6.45) is 0. The Hall–Kier alpha value is -2.45. The van der Waals surface area contributed by atoms with Gasteiger partial charge >= 0.3 is 12.0 Å². The zero-order chi connectivity index (χ0) is 18.5. The van der Waals surface area contributed by atoms with Gasteiger partial charge in [-0.1, -0.05) is 12.1 Å². The number of hydrogen-bond donors (Lipinski definition) is 2. The van der Waals surface area contributed by atoms with Crippen LogP contribution in [0.25, 0.3) is 0 Å². The lowest BCUT2D eigenvalue weighted by Gasteiger charge is -2.33. The van der Waals surface area contributed by atoms with Gasteiger partial charge in [-0.05, 0) is 24.6 Å². The molecule has 2 amide bonds. The highest BCUT2D eigenvalue weighted by atomic mass is 19.1. The van der Waals surface area contributed by atoms with Gasteiger partial charge in [0.05, 0.1) is 31.4 Å². The Balaban J connectivity index is 1.98. The summed E-state index contributed by atoms with van der Waals surface area (Å²) in [6.45, 7) is 4.91. The monoisotopic (exact) mass is 363 g/mol. The largest absolute Gasteiger partial charge is 0.463 e. The van der Waals surface area contributed by atoms with E-state index in [-0.39, 0.29) is 6.61 Å². The van der Waals surface area contributed by atoms with E-state index in [0.29, 0.717) is 49.7 Å². The van der Waals surface area contributed by atoms with Crippen LogP contribution in [0.15, 0.2) is 35.5 Å². The van der Waals surface area contributed by atoms with Crippen molar-refractivity contribution >= 4 is 12.0 Å². The molecule has 140 valence electrons. The molecule has 3 rings (SSSR count). The van der Waals surface area contributed by atoms with Crippen molar-refractivity contribution in [1.29, 1.82) is 0 Å². The molecule has 0 spiro atoms. The first kappa shape index (κ1) is 18.3. The molecule has 0 bridgehead atoms. The average molecular weight is 363 g/mol. The fraction of sp³-hybridized carbons (Fsp3) is 0.444. The van der Waals surface area contributed by atoms with Crippen molar-refractivity contribution in [3.8, 4) is 0 Å². The number of amides is 2. The first-order chi connectivity index (χ1) is 12.6. The Morgan fingerprint density at radius 2 is 2.15 bits per heavy atom. The van der Waals surface area contributed by atoms with Crippen molar-refractivity contribution < 1.29 is 23.5 Å². The van der Waals surface area contributed by atoms with E-state index in [2.05, 4.69) is 15.5 Å². The molecule has 2 heterocycles. The molecule has 1 aromatic carbocycles. The first-order valence-electron chi connectivity index (χ1n) is 8.61. The van der Waals surface area contributed by atoms with Crippen LogP contribution in [-0.4, -0.2) is 56.4 Å². The van der Waals surface area contributed by atoms with E-state index in [9.17, 15) is 14.0 Å². The molecule has 0 aromatic heterocycles. The lowest BCUT2D eigenvalue weighted by Crippen LogP contribution is -2.49. The van der Waals surface area contributed by atoms with Crippen LogP contribution in [0.3, 0.4) is 0 Å². The van der Waals surface area contributed by atoms with E-state index < -0.39 is 23.9 Å². The van der Waals surface area contributed by atoms with Crippen LogP contribution in [0.2, 0.25) is 0 Å².